The molecule has 1 aromatic heterocycles. The standard InChI is InChI=1S/C15H20N4/c1-11-9-13(10-16)18-15(17-11)19-8-4-6-12-5-2-3-7-14(12)19/h9,12,14H,2-8H2,1H3. The van der Waals surface area contributed by atoms with Crippen LogP contribution in [0.5, 0.6) is 0 Å². The molecule has 0 N–H and O–H groups in total. The molecule has 2 atom stereocenters. The third-order valence-electron chi connectivity index (χ3n) is 4.46. The maximum Gasteiger partial charge on any atom is 0.227 e. The maximum absolute atomic E-state index is 9.06. The minimum atomic E-state index is 0.487. The average Bonchev–Trinajstić information content (AvgIpc) is 2.46. The molecule has 0 bridgehead atoms. The van der Waals surface area contributed by atoms with Crippen LogP contribution in [-0.2, 0) is 0 Å². The predicted octanol–water partition coefficient (Wildman–Crippen LogP) is 2.82. The fraction of sp³-hybridized carbons (Fsp3) is 0.667. The molecule has 0 aromatic carbocycles. The average molecular weight is 256 g/mol. The Labute approximate surface area is 114 Å². The lowest BCUT2D eigenvalue weighted by molar-refractivity contribution is 0.241. The maximum atomic E-state index is 9.06. The molecule has 19 heavy (non-hydrogen) atoms. The van der Waals surface area contributed by atoms with Crippen LogP contribution in [0.15, 0.2) is 6.07 Å². The zero-order valence-corrected chi connectivity index (χ0v) is 11.5. The minimum Gasteiger partial charge on any atom is -0.338 e. The molecule has 4 heteroatoms. The lowest BCUT2D eigenvalue weighted by Crippen LogP contribution is -2.47. The molecule has 0 amide bonds. The molecular weight excluding hydrogens is 236 g/mol. The third kappa shape index (κ3) is 2.42. The zero-order valence-electron chi connectivity index (χ0n) is 11.5. The summed E-state index contributed by atoms with van der Waals surface area (Å²) >= 11 is 0. The summed E-state index contributed by atoms with van der Waals surface area (Å²) < 4.78 is 0. The Balaban J connectivity index is 1.91. The first kappa shape index (κ1) is 12.4. The molecule has 2 heterocycles. The van der Waals surface area contributed by atoms with E-state index in [-0.39, 0.29) is 0 Å². The Bertz CT molecular complexity index is 503. The van der Waals surface area contributed by atoms with Crippen LogP contribution in [0.1, 0.15) is 49.9 Å². The van der Waals surface area contributed by atoms with Gasteiger partial charge in [0.2, 0.25) is 5.95 Å². The summed E-state index contributed by atoms with van der Waals surface area (Å²) in [7, 11) is 0. The molecule has 1 aromatic rings. The highest BCUT2D eigenvalue weighted by Gasteiger charge is 2.34. The number of nitrogens with zero attached hydrogens (tertiary/aromatic N) is 4. The van der Waals surface area contributed by atoms with Crippen LogP contribution < -0.4 is 4.90 Å². The number of aryl methyl sites for hydroxylation is 1. The summed E-state index contributed by atoms with van der Waals surface area (Å²) in [6.07, 6.45) is 7.85. The van der Waals surface area contributed by atoms with E-state index in [0.29, 0.717) is 11.7 Å². The van der Waals surface area contributed by atoms with E-state index in [4.69, 9.17) is 5.26 Å². The number of fused-ring (bicyclic) bond motifs is 1. The van der Waals surface area contributed by atoms with Crippen molar-refractivity contribution in [2.45, 2.75) is 51.5 Å². The highest BCUT2D eigenvalue weighted by Crippen LogP contribution is 2.36. The second-order valence-corrected chi connectivity index (χ2v) is 5.75. The van der Waals surface area contributed by atoms with E-state index in [0.717, 1.165) is 24.1 Å². The molecule has 3 rings (SSSR count). The van der Waals surface area contributed by atoms with E-state index in [9.17, 15) is 0 Å². The monoisotopic (exact) mass is 256 g/mol. The second kappa shape index (κ2) is 5.16. The topological polar surface area (TPSA) is 52.8 Å². The molecule has 1 aliphatic carbocycles. The molecule has 0 radical (unpaired) electrons. The van der Waals surface area contributed by atoms with E-state index in [2.05, 4.69) is 20.9 Å². The van der Waals surface area contributed by atoms with Gasteiger partial charge in [-0.3, -0.25) is 0 Å². The van der Waals surface area contributed by atoms with Crippen LogP contribution in [0.25, 0.3) is 0 Å². The molecule has 2 fully saturated rings. The van der Waals surface area contributed by atoms with Crippen molar-refractivity contribution in [3.63, 3.8) is 0 Å². The fourth-order valence-corrected chi connectivity index (χ4v) is 3.61. The Kier molecular flexibility index (Phi) is 3.37. The molecule has 2 unspecified atom stereocenters. The van der Waals surface area contributed by atoms with Crippen molar-refractivity contribution in [1.82, 2.24) is 9.97 Å². The van der Waals surface area contributed by atoms with Crippen molar-refractivity contribution in [1.29, 1.82) is 5.26 Å². The number of aromatic nitrogens is 2. The zero-order chi connectivity index (χ0) is 13.2. The minimum absolute atomic E-state index is 0.487. The van der Waals surface area contributed by atoms with Gasteiger partial charge < -0.3 is 4.90 Å². The second-order valence-electron chi connectivity index (χ2n) is 5.75. The number of hydrogen-bond acceptors (Lipinski definition) is 4. The van der Waals surface area contributed by atoms with Gasteiger partial charge in [0, 0.05) is 18.3 Å². The molecule has 1 saturated heterocycles. The van der Waals surface area contributed by atoms with Crippen LogP contribution in [0, 0.1) is 24.2 Å². The quantitative estimate of drug-likeness (QED) is 0.775. The van der Waals surface area contributed by atoms with E-state index >= 15 is 0 Å². The summed E-state index contributed by atoms with van der Waals surface area (Å²) in [5, 5.41) is 9.06. The van der Waals surface area contributed by atoms with Gasteiger partial charge in [0.15, 0.2) is 0 Å². The van der Waals surface area contributed by atoms with E-state index < -0.39 is 0 Å². The van der Waals surface area contributed by atoms with Gasteiger partial charge in [-0.1, -0.05) is 12.8 Å². The van der Waals surface area contributed by atoms with Crippen LogP contribution in [0.2, 0.25) is 0 Å². The smallest absolute Gasteiger partial charge is 0.227 e. The van der Waals surface area contributed by atoms with Gasteiger partial charge in [0.25, 0.3) is 0 Å². The molecular formula is C15H20N4. The van der Waals surface area contributed by atoms with Crippen molar-refractivity contribution >= 4 is 5.95 Å². The molecule has 1 saturated carbocycles. The van der Waals surface area contributed by atoms with Crippen molar-refractivity contribution in [2.24, 2.45) is 5.92 Å². The Morgan fingerprint density at radius 3 is 2.84 bits per heavy atom. The number of nitriles is 1. The summed E-state index contributed by atoms with van der Waals surface area (Å²) in [6, 6.07) is 4.49. The Hall–Kier alpha value is -1.63. The number of anilines is 1. The molecule has 2 aliphatic rings. The first-order chi connectivity index (χ1) is 9.28. The van der Waals surface area contributed by atoms with Gasteiger partial charge in [-0.2, -0.15) is 5.26 Å². The Morgan fingerprint density at radius 1 is 1.21 bits per heavy atom. The SMILES string of the molecule is Cc1cc(C#N)nc(N2CCCC3CCCCC32)n1. The highest BCUT2D eigenvalue weighted by molar-refractivity contribution is 5.38. The number of piperidine rings is 1. The van der Waals surface area contributed by atoms with Crippen molar-refractivity contribution < 1.29 is 0 Å². The first-order valence-electron chi connectivity index (χ1n) is 7.30. The highest BCUT2D eigenvalue weighted by atomic mass is 15.3. The lowest BCUT2D eigenvalue weighted by atomic mass is 9.78. The third-order valence-corrected chi connectivity index (χ3v) is 4.46. The fourth-order valence-electron chi connectivity index (χ4n) is 3.61. The number of rotatable bonds is 1. The normalized spacial score (nSPS) is 26.6. The lowest BCUT2D eigenvalue weighted by Gasteiger charge is -2.44. The number of hydrogen-bond donors (Lipinski definition) is 0. The van der Waals surface area contributed by atoms with Gasteiger partial charge in [-0.25, -0.2) is 9.97 Å². The molecule has 4 nitrogen and oxygen atoms in total. The van der Waals surface area contributed by atoms with Crippen LogP contribution >= 0.6 is 0 Å². The largest absolute Gasteiger partial charge is 0.338 e. The van der Waals surface area contributed by atoms with Crippen molar-refractivity contribution in [3.05, 3.63) is 17.5 Å². The summed E-state index contributed by atoms with van der Waals surface area (Å²) in [5.41, 5.74) is 1.37. The molecule has 100 valence electrons. The van der Waals surface area contributed by atoms with E-state index in [1.807, 2.05) is 6.92 Å². The van der Waals surface area contributed by atoms with E-state index in [1.165, 1.54) is 38.5 Å². The first-order valence-corrected chi connectivity index (χ1v) is 7.30. The van der Waals surface area contributed by atoms with Gasteiger partial charge in [-0.15, -0.1) is 0 Å². The van der Waals surface area contributed by atoms with Crippen LogP contribution in [-0.4, -0.2) is 22.6 Å². The van der Waals surface area contributed by atoms with Gasteiger partial charge in [0.1, 0.15) is 11.8 Å². The summed E-state index contributed by atoms with van der Waals surface area (Å²) in [4.78, 5) is 11.3. The molecule has 0 spiro atoms. The predicted molar refractivity (Wildman–Crippen MR) is 73.8 cm³/mol. The van der Waals surface area contributed by atoms with E-state index in [1.54, 1.807) is 6.07 Å². The van der Waals surface area contributed by atoms with Gasteiger partial charge in [0.05, 0.1) is 0 Å². The summed E-state index contributed by atoms with van der Waals surface area (Å²) in [6.45, 7) is 2.98. The van der Waals surface area contributed by atoms with Crippen molar-refractivity contribution in [3.8, 4) is 6.07 Å². The van der Waals surface area contributed by atoms with Gasteiger partial charge in [-0.05, 0) is 44.6 Å². The van der Waals surface area contributed by atoms with Crippen molar-refractivity contribution in [2.75, 3.05) is 11.4 Å². The summed E-state index contributed by atoms with van der Waals surface area (Å²) in [5.74, 6) is 1.57. The Morgan fingerprint density at radius 2 is 2.00 bits per heavy atom. The van der Waals surface area contributed by atoms with Crippen LogP contribution in [0.4, 0.5) is 5.95 Å². The molecule has 1 aliphatic heterocycles. The van der Waals surface area contributed by atoms with Gasteiger partial charge >= 0.3 is 0 Å². The van der Waals surface area contributed by atoms with Crippen LogP contribution in [0.3, 0.4) is 0 Å².